The fraction of sp³-hybridized carbons (Fsp3) is 0.400. The summed E-state index contributed by atoms with van der Waals surface area (Å²) in [7, 11) is 1.64. The van der Waals surface area contributed by atoms with Crippen LogP contribution in [0.25, 0.3) is 21.1 Å². The Morgan fingerprint density at radius 1 is 1.31 bits per heavy atom. The van der Waals surface area contributed by atoms with Crippen molar-refractivity contribution >= 4 is 44.1 Å². The maximum absolute atomic E-state index is 12.8. The number of pyridine rings is 1. The second-order valence-corrected chi connectivity index (χ2v) is 8.09. The third-order valence-electron chi connectivity index (χ3n) is 5.36. The van der Waals surface area contributed by atoms with Gasteiger partial charge in [-0.1, -0.05) is 19.8 Å². The van der Waals surface area contributed by atoms with Crippen molar-refractivity contribution in [1.82, 2.24) is 10.3 Å². The van der Waals surface area contributed by atoms with E-state index in [1.165, 1.54) is 30.6 Å². The highest BCUT2D eigenvalue weighted by atomic mass is 32.1. The number of nitrogens with zero attached hydrogens (tertiary/aromatic N) is 1. The molecule has 2 heterocycles. The van der Waals surface area contributed by atoms with Crippen LogP contribution in [-0.4, -0.2) is 24.0 Å². The maximum Gasteiger partial charge on any atom is 0.263 e. The van der Waals surface area contributed by atoms with Crippen molar-refractivity contribution in [2.75, 3.05) is 12.8 Å². The minimum Gasteiger partial charge on any atom is -0.497 e. The lowest BCUT2D eigenvalue weighted by atomic mass is 9.86. The van der Waals surface area contributed by atoms with Gasteiger partial charge >= 0.3 is 0 Å². The van der Waals surface area contributed by atoms with Gasteiger partial charge in [-0.15, -0.1) is 11.3 Å². The van der Waals surface area contributed by atoms with Crippen LogP contribution in [0.2, 0.25) is 0 Å². The highest BCUT2D eigenvalue weighted by Gasteiger charge is 2.25. The number of anilines is 1. The molecule has 0 bridgehead atoms. The number of nitrogens with two attached hydrogens (primary N) is 1. The van der Waals surface area contributed by atoms with E-state index in [1.54, 1.807) is 7.11 Å². The van der Waals surface area contributed by atoms with Crippen LogP contribution in [0.5, 0.6) is 5.75 Å². The third-order valence-corrected chi connectivity index (χ3v) is 6.47. The summed E-state index contributed by atoms with van der Waals surface area (Å²) in [4.78, 5) is 18.8. The maximum atomic E-state index is 12.8. The Bertz CT molecular complexity index is 982. The number of thiophene rings is 1. The van der Waals surface area contributed by atoms with E-state index in [1.807, 2.05) is 24.3 Å². The summed E-state index contributed by atoms with van der Waals surface area (Å²) in [6, 6.07) is 7.99. The Labute approximate surface area is 156 Å². The summed E-state index contributed by atoms with van der Waals surface area (Å²) >= 11 is 1.36. The first kappa shape index (κ1) is 17.1. The lowest BCUT2D eigenvalue weighted by molar-refractivity contribution is 0.0915. The number of hydrogen-bond acceptors (Lipinski definition) is 5. The van der Waals surface area contributed by atoms with Gasteiger partial charge < -0.3 is 15.8 Å². The van der Waals surface area contributed by atoms with Gasteiger partial charge in [0, 0.05) is 22.9 Å². The highest BCUT2D eigenvalue weighted by Crippen LogP contribution is 2.35. The van der Waals surface area contributed by atoms with Gasteiger partial charge in [-0.3, -0.25) is 4.79 Å². The number of ether oxygens (including phenoxy) is 1. The Kier molecular flexibility index (Phi) is 4.44. The zero-order valence-electron chi connectivity index (χ0n) is 15.0. The molecule has 26 heavy (non-hydrogen) atoms. The van der Waals surface area contributed by atoms with E-state index in [0.29, 0.717) is 16.5 Å². The zero-order chi connectivity index (χ0) is 18.3. The summed E-state index contributed by atoms with van der Waals surface area (Å²) < 4.78 is 5.27. The number of benzene rings is 1. The number of aromatic nitrogens is 1. The summed E-state index contributed by atoms with van der Waals surface area (Å²) in [5.74, 6) is 1.19. The number of fused-ring (bicyclic) bond motifs is 2. The second kappa shape index (κ2) is 6.76. The molecule has 1 saturated carbocycles. The lowest BCUT2D eigenvalue weighted by Gasteiger charge is -2.29. The molecule has 0 spiro atoms. The lowest BCUT2D eigenvalue weighted by Crippen LogP contribution is -2.40. The van der Waals surface area contributed by atoms with Crippen molar-refractivity contribution in [3.63, 3.8) is 0 Å². The van der Waals surface area contributed by atoms with Crippen molar-refractivity contribution in [1.29, 1.82) is 0 Å². The van der Waals surface area contributed by atoms with Crippen LogP contribution in [0.15, 0.2) is 24.3 Å². The molecule has 3 N–H and O–H groups in total. The number of rotatable bonds is 3. The van der Waals surface area contributed by atoms with E-state index in [9.17, 15) is 4.79 Å². The van der Waals surface area contributed by atoms with Crippen LogP contribution >= 0.6 is 11.3 Å². The largest absolute Gasteiger partial charge is 0.497 e. The molecule has 6 heteroatoms. The standard InChI is InChI=1S/C20H23N3O2S/c1-11-5-3-4-6-15(11)22-19(24)18-17(21)14-9-12-7-8-13(25-2)10-16(12)23-20(14)26-18/h7-11,15H,3-6,21H2,1-2H3,(H,22,24)/t11-,15+/m1/s1. The molecular weight excluding hydrogens is 346 g/mol. The average molecular weight is 369 g/mol. The molecule has 1 aliphatic rings. The first-order valence-electron chi connectivity index (χ1n) is 9.04. The Balaban J connectivity index is 1.69. The molecule has 1 fully saturated rings. The molecule has 5 nitrogen and oxygen atoms in total. The Morgan fingerprint density at radius 2 is 2.12 bits per heavy atom. The van der Waals surface area contributed by atoms with Gasteiger partial charge in [0.05, 0.1) is 18.3 Å². The van der Waals surface area contributed by atoms with E-state index in [-0.39, 0.29) is 11.9 Å². The summed E-state index contributed by atoms with van der Waals surface area (Å²) in [6.45, 7) is 2.21. The van der Waals surface area contributed by atoms with Gasteiger partial charge in [-0.2, -0.15) is 0 Å². The average Bonchev–Trinajstić information content (AvgIpc) is 2.97. The number of nitrogens with one attached hydrogen (secondary N) is 1. The fourth-order valence-electron chi connectivity index (χ4n) is 3.73. The molecule has 2 atom stereocenters. The van der Waals surface area contributed by atoms with E-state index < -0.39 is 0 Å². The normalized spacial score (nSPS) is 20.4. The van der Waals surface area contributed by atoms with E-state index in [4.69, 9.17) is 15.5 Å². The van der Waals surface area contributed by atoms with Gasteiger partial charge in [0.15, 0.2) is 0 Å². The fourth-order valence-corrected chi connectivity index (χ4v) is 4.72. The molecule has 1 amide bonds. The predicted octanol–water partition coefficient (Wildman–Crippen LogP) is 4.35. The number of hydrogen-bond donors (Lipinski definition) is 2. The summed E-state index contributed by atoms with van der Waals surface area (Å²) in [5, 5.41) is 5.01. The van der Waals surface area contributed by atoms with E-state index in [2.05, 4.69) is 12.2 Å². The number of amides is 1. The van der Waals surface area contributed by atoms with Gasteiger partial charge in [0.1, 0.15) is 15.5 Å². The van der Waals surface area contributed by atoms with Gasteiger partial charge in [0.2, 0.25) is 0 Å². The number of carbonyl (C=O) groups excluding carboxylic acids is 1. The molecule has 0 saturated heterocycles. The van der Waals surface area contributed by atoms with Crippen LogP contribution in [0.3, 0.4) is 0 Å². The van der Waals surface area contributed by atoms with E-state index in [0.717, 1.165) is 33.3 Å². The Hall–Kier alpha value is -2.34. The number of nitrogen functional groups attached to an aromatic ring is 1. The van der Waals surface area contributed by atoms with Crippen LogP contribution in [0.4, 0.5) is 5.69 Å². The second-order valence-electron chi connectivity index (χ2n) is 7.09. The van der Waals surface area contributed by atoms with Gasteiger partial charge in [0.25, 0.3) is 5.91 Å². The minimum atomic E-state index is -0.0779. The number of methoxy groups -OCH3 is 1. The molecule has 136 valence electrons. The molecule has 2 aromatic heterocycles. The monoisotopic (exact) mass is 369 g/mol. The Morgan fingerprint density at radius 3 is 2.88 bits per heavy atom. The summed E-state index contributed by atoms with van der Waals surface area (Å²) in [5.41, 5.74) is 7.67. The topological polar surface area (TPSA) is 77.2 Å². The smallest absolute Gasteiger partial charge is 0.263 e. The molecule has 0 unspecified atom stereocenters. The van der Waals surface area contributed by atoms with Crippen LogP contribution in [-0.2, 0) is 0 Å². The van der Waals surface area contributed by atoms with Crippen LogP contribution < -0.4 is 15.8 Å². The van der Waals surface area contributed by atoms with Crippen molar-refractivity contribution in [3.8, 4) is 5.75 Å². The SMILES string of the molecule is COc1ccc2cc3c(N)c(C(=O)N[C@H]4CCCC[C@H]4C)sc3nc2c1. The van der Waals surface area contributed by atoms with E-state index >= 15 is 0 Å². The van der Waals surface area contributed by atoms with Crippen molar-refractivity contribution in [3.05, 3.63) is 29.1 Å². The predicted molar refractivity (Wildman–Crippen MR) is 107 cm³/mol. The van der Waals surface area contributed by atoms with Crippen molar-refractivity contribution in [2.24, 2.45) is 5.92 Å². The highest BCUT2D eigenvalue weighted by molar-refractivity contribution is 7.21. The van der Waals surface area contributed by atoms with Gasteiger partial charge in [-0.25, -0.2) is 4.98 Å². The molecule has 4 rings (SSSR count). The van der Waals surface area contributed by atoms with Crippen LogP contribution in [0.1, 0.15) is 42.3 Å². The summed E-state index contributed by atoms with van der Waals surface area (Å²) in [6.07, 6.45) is 4.63. The zero-order valence-corrected chi connectivity index (χ0v) is 15.9. The van der Waals surface area contributed by atoms with Crippen LogP contribution in [0, 0.1) is 5.92 Å². The number of carbonyl (C=O) groups is 1. The van der Waals surface area contributed by atoms with Crippen molar-refractivity contribution in [2.45, 2.75) is 38.6 Å². The molecule has 1 aromatic carbocycles. The van der Waals surface area contributed by atoms with Crippen molar-refractivity contribution < 1.29 is 9.53 Å². The molecule has 1 aliphatic carbocycles. The minimum absolute atomic E-state index is 0.0779. The quantitative estimate of drug-likeness (QED) is 0.719. The molecular formula is C20H23N3O2S. The first-order valence-corrected chi connectivity index (χ1v) is 9.86. The molecule has 3 aromatic rings. The molecule has 0 aliphatic heterocycles. The third kappa shape index (κ3) is 2.98. The van der Waals surface area contributed by atoms with Gasteiger partial charge in [-0.05, 0) is 37.0 Å². The first-order chi connectivity index (χ1) is 12.6. The molecule has 0 radical (unpaired) electrons.